The molecular formula is C17H20N4O3S. The fourth-order valence-electron chi connectivity index (χ4n) is 2.59. The third-order valence-electron chi connectivity index (χ3n) is 3.87. The van der Waals surface area contributed by atoms with Crippen LogP contribution in [-0.4, -0.2) is 59.0 Å². The molecule has 0 saturated carbocycles. The standard InChI is InChI=1S/C17H20N4O3S/c1-12(17(23)21-5-7-24-8-6-21)19-15(22)9-14-11-25-16(20-14)13-3-2-4-18-10-13/h2-4,10-12H,5-9H2,1H3,(H,19,22)/t12-/m1/s1. The molecule has 0 radical (unpaired) electrons. The zero-order valence-electron chi connectivity index (χ0n) is 14.0. The summed E-state index contributed by atoms with van der Waals surface area (Å²) in [5.41, 5.74) is 1.61. The van der Waals surface area contributed by atoms with Gasteiger partial charge in [0.05, 0.1) is 25.3 Å². The fraction of sp³-hybridized carbons (Fsp3) is 0.412. The summed E-state index contributed by atoms with van der Waals surface area (Å²) in [4.78, 5) is 34.8. The van der Waals surface area contributed by atoms with Crippen molar-refractivity contribution in [3.05, 3.63) is 35.6 Å². The number of morpholine rings is 1. The summed E-state index contributed by atoms with van der Waals surface area (Å²) in [6.07, 6.45) is 3.60. The van der Waals surface area contributed by atoms with Crippen LogP contribution in [0.15, 0.2) is 29.9 Å². The zero-order chi connectivity index (χ0) is 17.6. The third kappa shape index (κ3) is 4.61. The average molecular weight is 360 g/mol. The van der Waals surface area contributed by atoms with Gasteiger partial charge < -0.3 is 15.0 Å². The van der Waals surface area contributed by atoms with E-state index in [4.69, 9.17) is 4.74 Å². The Bertz CT molecular complexity index is 729. The van der Waals surface area contributed by atoms with Crippen LogP contribution in [0, 0.1) is 0 Å². The monoisotopic (exact) mass is 360 g/mol. The van der Waals surface area contributed by atoms with Crippen LogP contribution in [0.4, 0.5) is 0 Å². The number of carbonyl (C=O) groups excluding carboxylic acids is 2. The lowest BCUT2D eigenvalue weighted by Crippen LogP contribution is -2.50. The maximum absolute atomic E-state index is 12.3. The van der Waals surface area contributed by atoms with Crippen LogP contribution < -0.4 is 5.32 Å². The van der Waals surface area contributed by atoms with E-state index in [-0.39, 0.29) is 18.2 Å². The third-order valence-corrected chi connectivity index (χ3v) is 4.81. The highest BCUT2D eigenvalue weighted by atomic mass is 32.1. The number of pyridine rings is 1. The van der Waals surface area contributed by atoms with Gasteiger partial charge >= 0.3 is 0 Å². The number of nitrogens with zero attached hydrogens (tertiary/aromatic N) is 3. The molecule has 2 aromatic heterocycles. The smallest absolute Gasteiger partial charge is 0.245 e. The second kappa shape index (κ2) is 8.17. The molecule has 2 aromatic rings. The molecule has 1 aliphatic rings. The van der Waals surface area contributed by atoms with Crippen LogP contribution in [-0.2, 0) is 20.7 Å². The van der Waals surface area contributed by atoms with Crippen molar-refractivity contribution in [2.75, 3.05) is 26.3 Å². The van der Waals surface area contributed by atoms with Gasteiger partial charge in [0.25, 0.3) is 0 Å². The van der Waals surface area contributed by atoms with Crippen molar-refractivity contribution in [1.82, 2.24) is 20.2 Å². The largest absolute Gasteiger partial charge is 0.378 e. The number of hydrogen-bond acceptors (Lipinski definition) is 6. The molecule has 0 aliphatic carbocycles. The Morgan fingerprint density at radius 3 is 2.92 bits per heavy atom. The highest BCUT2D eigenvalue weighted by Gasteiger charge is 2.23. The van der Waals surface area contributed by atoms with Gasteiger partial charge in [0.1, 0.15) is 11.0 Å². The van der Waals surface area contributed by atoms with Crippen molar-refractivity contribution in [1.29, 1.82) is 0 Å². The highest BCUT2D eigenvalue weighted by Crippen LogP contribution is 2.22. The number of aromatic nitrogens is 2. The predicted octanol–water partition coefficient (Wildman–Crippen LogP) is 1.11. The minimum absolute atomic E-state index is 0.0778. The maximum atomic E-state index is 12.3. The van der Waals surface area contributed by atoms with Crippen molar-refractivity contribution in [2.45, 2.75) is 19.4 Å². The lowest BCUT2D eigenvalue weighted by atomic mass is 10.2. The van der Waals surface area contributed by atoms with Gasteiger partial charge in [-0.2, -0.15) is 0 Å². The first-order chi connectivity index (χ1) is 12.1. The lowest BCUT2D eigenvalue weighted by Gasteiger charge is -2.29. The van der Waals surface area contributed by atoms with Gasteiger partial charge in [0, 0.05) is 36.4 Å². The van der Waals surface area contributed by atoms with Crippen molar-refractivity contribution in [2.24, 2.45) is 0 Å². The first-order valence-electron chi connectivity index (χ1n) is 8.14. The Balaban J connectivity index is 1.54. The molecule has 1 N–H and O–H groups in total. The summed E-state index contributed by atoms with van der Waals surface area (Å²) in [5, 5.41) is 5.44. The van der Waals surface area contributed by atoms with Crippen LogP contribution in [0.3, 0.4) is 0 Å². The van der Waals surface area contributed by atoms with Crippen LogP contribution in [0.2, 0.25) is 0 Å². The van der Waals surface area contributed by atoms with E-state index in [2.05, 4.69) is 15.3 Å². The number of amides is 2. The Kier molecular flexibility index (Phi) is 5.72. The van der Waals surface area contributed by atoms with Crippen LogP contribution >= 0.6 is 11.3 Å². The number of ether oxygens (including phenoxy) is 1. The Labute approximate surface area is 150 Å². The van der Waals surface area contributed by atoms with Gasteiger partial charge in [-0.15, -0.1) is 11.3 Å². The number of thiazole rings is 1. The Morgan fingerprint density at radius 1 is 1.40 bits per heavy atom. The molecule has 0 aromatic carbocycles. The van der Waals surface area contributed by atoms with Gasteiger partial charge in [-0.05, 0) is 19.1 Å². The van der Waals surface area contributed by atoms with Gasteiger partial charge in [-0.25, -0.2) is 4.98 Å². The summed E-state index contributed by atoms with van der Waals surface area (Å²) < 4.78 is 5.24. The molecule has 0 bridgehead atoms. The SMILES string of the molecule is C[C@@H](NC(=O)Cc1csc(-c2cccnc2)n1)C(=O)N1CCOCC1. The number of nitrogens with one attached hydrogen (secondary N) is 1. The minimum Gasteiger partial charge on any atom is -0.378 e. The number of hydrogen-bond donors (Lipinski definition) is 1. The van der Waals surface area contributed by atoms with Crippen molar-refractivity contribution < 1.29 is 14.3 Å². The summed E-state index contributed by atoms with van der Waals surface area (Å²) in [6, 6.07) is 3.22. The van der Waals surface area contributed by atoms with Crippen molar-refractivity contribution in [3.63, 3.8) is 0 Å². The van der Waals surface area contributed by atoms with E-state index in [1.54, 1.807) is 24.2 Å². The molecule has 3 rings (SSSR count). The van der Waals surface area contributed by atoms with Gasteiger partial charge in [0.2, 0.25) is 11.8 Å². The van der Waals surface area contributed by atoms with E-state index in [0.717, 1.165) is 10.6 Å². The summed E-state index contributed by atoms with van der Waals surface area (Å²) in [5.74, 6) is -0.289. The van der Waals surface area contributed by atoms with Gasteiger partial charge in [0.15, 0.2) is 0 Å². The predicted molar refractivity (Wildman–Crippen MR) is 94.1 cm³/mol. The van der Waals surface area contributed by atoms with Crippen LogP contribution in [0.25, 0.3) is 10.6 Å². The second-order valence-electron chi connectivity index (χ2n) is 5.79. The first kappa shape index (κ1) is 17.5. The molecule has 25 heavy (non-hydrogen) atoms. The minimum atomic E-state index is -0.554. The van der Waals surface area contributed by atoms with Crippen molar-refractivity contribution >= 4 is 23.2 Å². The number of rotatable bonds is 5. The maximum Gasteiger partial charge on any atom is 0.245 e. The van der Waals surface area contributed by atoms with Gasteiger partial charge in [-0.3, -0.25) is 14.6 Å². The molecule has 3 heterocycles. The molecule has 1 saturated heterocycles. The molecule has 0 unspecified atom stereocenters. The summed E-state index contributed by atoms with van der Waals surface area (Å²) in [6.45, 7) is 3.93. The molecule has 0 spiro atoms. The summed E-state index contributed by atoms with van der Waals surface area (Å²) in [7, 11) is 0. The van der Waals surface area contributed by atoms with E-state index < -0.39 is 6.04 Å². The fourth-order valence-corrected chi connectivity index (χ4v) is 3.40. The average Bonchev–Trinajstić information content (AvgIpc) is 3.10. The van der Waals surface area contributed by atoms with Crippen LogP contribution in [0.1, 0.15) is 12.6 Å². The Hall–Kier alpha value is -2.32. The Morgan fingerprint density at radius 2 is 2.20 bits per heavy atom. The van der Waals surface area contributed by atoms with Crippen molar-refractivity contribution in [3.8, 4) is 10.6 Å². The van der Waals surface area contributed by atoms with Crippen LogP contribution in [0.5, 0.6) is 0 Å². The lowest BCUT2D eigenvalue weighted by molar-refractivity contribution is -0.139. The molecular weight excluding hydrogens is 340 g/mol. The van der Waals surface area contributed by atoms with Gasteiger partial charge in [-0.1, -0.05) is 0 Å². The van der Waals surface area contributed by atoms with E-state index in [1.165, 1.54) is 11.3 Å². The number of carbonyl (C=O) groups is 2. The molecule has 1 aliphatic heterocycles. The van der Waals surface area contributed by atoms with E-state index in [9.17, 15) is 9.59 Å². The van der Waals surface area contributed by atoms with E-state index in [1.807, 2.05) is 17.5 Å². The summed E-state index contributed by atoms with van der Waals surface area (Å²) >= 11 is 1.47. The first-order valence-corrected chi connectivity index (χ1v) is 9.02. The molecule has 2 amide bonds. The molecule has 1 fully saturated rings. The second-order valence-corrected chi connectivity index (χ2v) is 6.65. The molecule has 1 atom stereocenters. The molecule has 8 heteroatoms. The normalized spacial score (nSPS) is 15.6. The quantitative estimate of drug-likeness (QED) is 0.863. The van der Waals surface area contributed by atoms with E-state index in [0.29, 0.717) is 32.0 Å². The topological polar surface area (TPSA) is 84.4 Å². The zero-order valence-corrected chi connectivity index (χ0v) is 14.8. The van der Waals surface area contributed by atoms with E-state index >= 15 is 0 Å². The molecule has 132 valence electrons. The molecule has 7 nitrogen and oxygen atoms in total. The highest BCUT2D eigenvalue weighted by molar-refractivity contribution is 7.13.